The van der Waals surface area contributed by atoms with Crippen molar-refractivity contribution in [3.8, 4) is 11.4 Å². The summed E-state index contributed by atoms with van der Waals surface area (Å²) in [4.78, 5) is 21.3. The Bertz CT molecular complexity index is 852. The minimum absolute atomic E-state index is 0.230. The van der Waals surface area contributed by atoms with Gasteiger partial charge in [-0.2, -0.15) is 0 Å². The van der Waals surface area contributed by atoms with E-state index >= 15 is 0 Å². The highest BCUT2D eigenvalue weighted by atomic mass is 32.2. The molecule has 0 aliphatic carbocycles. The lowest BCUT2D eigenvalue weighted by molar-refractivity contribution is -0.142. The van der Waals surface area contributed by atoms with E-state index in [9.17, 15) is 4.79 Å². The summed E-state index contributed by atoms with van der Waals surface area (Å²) in [6.07, 6.45) is 0. The monoisotopic (exact) mass is 338 g/mol. The van der Waals surface area contributed by atoms with Crippen LogP contribution in [0.2, 0.25) is 0 Å². The minimum atomic E-state index is -0.327. The average Bonchev–Trinajstić information content (AvgIpc) is 2.62. The molecule has 0 unspecified atom stereocenters. The van der Waals surface area contributed by atoms with Crippen LogP contribution in [-0.4, -0.2) is 27.8 Å². The fraction of sp³-hybridized carbons (Fsp3) is 0.211. The van der Waals surface area contributed by atoms with Crippen LogP contribution in [0.25, 0.3) is 22.3 Å². The Hall–Kier alpha value is -2.40. The number of carbonyl (C=O) groups is 1. The average molecular weight is 338 g/mol. The Labute approximate surface area is 145 Å². The molecule has 5 heteroatoms. The first-order valence-electron chi connectivity index (χ1n) is 7.84. The van der Waals surface area contributed by atoms with Gasteiger partial charge in [-0.1, -0.05) is 60.3 Å². The summed E-state index contributed by atoms with van der Waals surface area (Å²) in [6.45, 7) is 4.02. The lowest BCUT2D eigenvalue weighted by Gasteiger charge is -2.12. The first-order valence-corrected chi connectivity index (χ1v) is 8.72. The zero-order valence-corrected chi connectivity index (χ0v) is 14.4. The van der Waals surface area contributed by atoms with Crippen molar-refractivity contribution in [1.82, 2.24) is 9.97 Å². The molecule has 122 valence electrons. The maximum absolute atomic E-state index is 12.0. The predicted octanol–water partition coefficient (Wildman–Crippen LogP) is 4.34. The second kappa shape index (κ2) is 7.45. The molecule has 0 fully saturated rings. The number of carbonyl (C=O) groups excluding carboxylic acids is 1. The quantitative estimate of drug-likeness (QED) is 0.393. The predicted molar refractivity (Wildman–Crippen MR) is 96.9 cm³/mol. The SMILES string of the molecule is CCOC(=O)[C@H](C)Sc1nc(-c2ccccc2)nc2ccccc12. The number of ether oxygens (including phenoxy) is 1. The molecular weight excluding hydrogens is 320 g/mol. The van der Waals surface area contributed by atoms with E-state index < -0.39 is 0 Å². The molecule has 0 amide bonds. The number of para-hydroxylation sites is 1. The largest absolute Gasteiger partial charge is 0.465 e. The molecule has 2 aromatic carbocycles. The van der Waals surface area contributed by atoms with Crippen molar-refractivity contribution in [3.05, 3.63) is 54.6 Å². The third kappa shape index (κ3) is 3.57. The lowest BCUT2D eigenvalue weighted by Crippen LogP contribution is -2.17. The van der Waals surface area contributed by atoms with Crippen LogP contribution in [0, 0.1) is 0 Å². The number of hydrogen-bond acceptors (Lipinski definition) is 5. The highest BCUT2D eigenvalue weighted by Gasteiger charge is 2.19. The Morgan fingerprint density at radius 2 is 1.79 bits per heavy atom. The lowest BCUT2D eigenvalue weighted by atomic mass is 10.2. The first kappa shape index (κ1) is 16.5. The molecule has 24 heavy (non-hydrogen) atoms. The zero-order valence-electron chi connectivity index (χ0n) is 13.6. The molecule has 3 aromatic rings. The van der Waals surface area contributed by atoms with Gasteiger partial charge in [-0.05, 0) is 19.9 Å². The van der Waals surface area contributed by atoms with Crippen LogP contribution in [0.5, 0.6) is 0 Å². The van der Waals surface area contributed by atoms with Crippen molar-refractivity contribution in [2.24, 2.45) is 0 Å². The van der Waals surface area contributed by atoms with Crippen molar-refractivity contribution >= 4 is 28.6 Å². The van der Waals surface area contributed by atoms with Gasteiger partial charge < -0.3 is 4.74 Å². The number of hydrogen-bond donors (Lipinski definition) is 0. The Morgan fingerprint density at radius 1 is 1.08 bits per heavy atom. The minimum Gasteiger partial charge on any atom is -0.465 e. The summed E-state index contributed by atoms with van der Waals surface area (Å²) in [6, 6.07) is 17.7. The number of fused-ring (bicyclic) bond motifs is 1. The summed E-state index contributed by atoms with van der Waals surface area (Å²) in [5.41, 5.74) is 1.82. The summed E-state index contributed by atoms with van der Waals surface area (Å²) < 4.78 is 5.10. The molecule has 0 spiro atoms. The molecule has 0 radical (unpaired) electrons. The van der Waals surface area contributed by atoms with Crippen molar-refractivity contribution in [2.75, 3.05) is 6.61 Å². The van der Waals surface area contributed by atoms with Gasteiger partial charge in [0.25, 0.3) is 0 Å². The highest BCUT2D eigenvalue weighted by molar-refractivity contribution is 8.00. The van der Waals surface area contributed by atoms with E-state index in [1.54, 1.807) is 0 Å². The summed E-state index contributed by atoms with van der Waals surface area (Å²) in [7, 11) is 0. The molecule has 0 aliphatic heterocycles. The van der Waals surface area contributed by atoms with Crippen LogP contribution in [0.4, 0.5) is 0 Å². The van der Waals surface area contributed by atoms with Gasteiger partial charge in [0.15, 0.2) is 5.82 Å². The van der Waals surface area contributed by atoms with Gasteiger partial charge in [-0.15, -0.1) is 0 Å². The van der Waals surface area contributed by atoms with Crippen LogP contribution in [-0.2, 0) is 9.53 Å². The topological polar surface area (TPSA) is 52.1 Å². The van der Waals surface area contributed by atoms with E-state index in [4.69, 9.17) is 9.72 Å². The van der Waals surface area contributed by atoms with Crippen molar-refractivity contribution < 1.29 is 9.53 Å². The molecular formula is C19H18N2O2S. The van der Waals surface area contributed by atoms with Gasteiger partial charge in [0.1, 0.15) is 10.3 Å². The number of aromatic nitrogens is 2. The van der Waals surface area contributed by atoms with Gasteiger partial charge in [0.05, 0.1) is 12.1 Å². The van der Waals surface area contributed by atoms with Crippen LogP contribution in [0.1, 0.15) is 13.8 Å². The summed E-state index contributed by atoms with van der Waals surface area (Å²) in [5.74, 6) is 0.430. The molecule has 1 heterocycles. The van der Waals surface area contributed by atoms with E-state index in [1.807, 2.05) is 68.4 Å². The van der Waals surface area contributed by atoms with Crippen LogP contribution >= 0.6 is 11.8 Å². The van der Waals surface area contributed by atoms with Crippen molar-refractivity contribution in [1.29, 1.82) is 0 Å². The van der Waals surface area contributed by atoms with E-state index in [0.29, 0.717) is 12.4 Å². The van der Waals surface area contributed by atoms with Crippen LogP contribution < -0.4 is 0 Å². The zero-order chi connectivity index (χ0) is 16.9. The Balaban J connectivity index is 2.03. The number of esters is 1. The van der Waals surface area contributed by atoms with Gasteiger partial charge in [-0.3, -0.25) is 4.79 Å². The van der Waals surface area contributed by atoms with Gasteiger partial charge in [-0.25, -0.2) is 9.97 Å². The van der Waals surface area contributed by atoms with E-state index in [2.05, 4.69) is 4.98 Å². The van der Waals surface area contributed by atoms with Gasteiger partial charge >= 0.3 is 5.97 Å². The molecule has 1 atom stereocenters. The van der Waals surface area contributed by atoms with Crippen LogP contribution in [0.3, 0.4) is 0 Å². The third-order valence-electron chi connectivity index (χ3n) is 3.51. The summed E-state index contributed by atoms with van der Waals surface area (Å²) >= 11 is 1.40. The maximum Gasteiger partial charge on any atom is 0.319 e. The van der Waals surface area contributed by atoms with Crippen molar-refractivity contribution in [3.63, 3.8) is 0 Å². The normalized spacial score (nSPS) is 12.1. The Morgan fingerprint density at radius 3 is 2.54 bits per heavy atom. The Kier molecular flexibility index (Phi) is 5.11. The number of thioether (sulfide) groups is 1. The van der Waals surface area contributed by atoms with Crippen molar-refractivity contribution in [2.45, 2.75) is 24.1 Å². The fourth-order valence-electron chi connectivity index (χ4n) is 2.33. The molecule has 1 aromatic heterocycles. The number of nitrogens with zero attached hydrogens (tertiary/aromatic N) is 2. The first-order chi connectivity index (χ1) is 11.7. The maximum atomic E-state index is 12.0. The van der Waals surface area contributed by atoms with E-state index in [-0.39, 0.29) is 11.2 Å². The standard InChI is InChI=1S/C19H18N2O2S/c1-3-23-19(22)13(2)24-18-15-11-7-8-12-16(15)20-17(21-18)14-9-5-4-6-10-14/h4-13H,3H2,1-2H3/t13-/m0/s1. The number of benzene rings is 2. The molecule has 3 rings (SSSR count). The molecule has 0 saturated heterocycles. The highest BCUT2D eigenvalue weighted by Crippen LogP contribution is 2.31. The van der Waals surface area contributed by atoms with Gasteiger partial charge in [0.2, 0.25) is 0 Å². The summed E-state index contributed by atoms with van der Waals surface area (Å²) in [5, 5.41) is 1.41. The molecule has 0 bridgehead atoms. The fourth-order valence-corrected chi connectivity index (χ4v) is 3.27. The smallest absolute Gasteiger partial charge is 0.319 e. The van der Waals surface area contributed by atoms with Gasteiger partial charge in [0, 0.05) is 10.9 Å². The molecule has 0 N–H and O–H groups in total. The van der Waals surface area contributed by atoms with E-state index in [0.717, 1.165) is 21.5 Å². The second-order valence-electron chi connectivity index (χ2n) is 5.25. The van der Waals surface area contributed by atoms with E-state index in [1.165, 1.54) is 11.8 Å². The molecule has 0 aliphatic rings. The molecule has 0 saturated carbocycles. The van der Waals surface area contributed by atoms with Crippen LogP contribution in [0.15, 0.2) is 59.6 Å². The molecule has 4 nitrogen and oxygen atoms in total. The second-order valence-corrected chi connectivity index (χ2v) is 6.58. The number of rotatable bonds is 5. The third-order valence-corrected chi connectivity index (χ3v) is 4.59.